The van der Waals surface area contributed by atoms with Crippen LogP contribution in [0, 0.1) is 20.8 Å². The molecule has 1 heterocycles. The van der Waals surface area contributed by atoms with E-state index >= 15 is 0 Å². The molecular weight excluding hydrogens is 238 g/mol. The minimum atomic E-state index is 0.0312. The van der Waals surface area contributed by atoms with Gasteiger partial charge in [-0.1, -0.05) is 17.7 Å². The van der Waals surface area contributed by atoms with Gasteiger partial charge in [-0.15, -0.1) is 0 Å². The first kappa shape index (κ1) is 13.6. The highest BCUT2D eigenvalue weighted by Crippen LogP contribution is 2.28. The topological polar surface area (TPSA) is 49.8 Å². The fourth-order valence-electron chi connectivity index (χ4n) is 2.72. The second-order valence-electron chi connectivity index (χ2n) is 5.13. The van der Waals surface area contributed by atoms with Crippen LogP contribution in [-0.4, -0.2) is 16.8 Å². The lowest BCUT2D eigenvalue weighted by Crippen LogP contribution is -2.19. The van der Waals surface area contributed by atoms with Crippen molar-refractivity contribution in [2.75, 3.05) is 7.05 Å². The lowest BCUT2D eigenvalue weighted by Gasteiger charge is -2.11. The zero-order valence-corrected chi connectivity index (χ0v) is 12.2. The van der Waals surface area contributed by atoms with Crippen LogP contribution in [-0.2, 0) is 13.6 Å². The molecule has 2 rings (SSSR count). The normalized spacial score (nSPS) is 11.0. The van der Waals surface area contributed by atoms with Gasteiger partial charge in [-0.05, 0) is 38.9 Å². The molecule has 0 fully saturated rings. The van der Waals surface area contributed by atoms with E-state index in [1.54, 1.807) is 11.7 Å². The van der Waals surface area contributed by atoms with E-state index in [4.69, 9.17) is 0 Å². The number of aromatic amines is 1. The molecule has 2 N–H and O–H groups in total. The summed E-state index contributed by atoms with van der Waals surface area (Å²) in [6.45, 7) is 6.83. The number of hydrogen-bond acceptors (Lipinski definition) is 2. The quantitative estimate of drug-likeness (QED) is 0.886. The highest BCUT2D eigenvalue weighted by molar-refractivity contribution is 5.70. The predicted octanol–water partition coefficient (Wildman–Crippen LogP) is 2.03. The lowest BCUT2D eigenvalue weighted by atomic mass is 9.95. The molecule has 0 aliphatic heterocycles. The number of rotatable bonds is 3. The van der Waals surface area contributed by atoms with Crippen molar-refractivity contribution in [1.29, 1.82) is 0 Å². The van der Waals surface area contributed by atoms with Gasteiger partial charge in [-0.2, -0.15) is 0 Å². The van der Waals surface area contributed by atoms with Crippen LogP contribution >= 0.6 is 0 Å². The van der Waals surface area contributed by atoms with Crippen molar-refractivity contribution >= 4 is 0 Å². The van der Waals surface area contributed by atoms with Crippen molar-refractivity contribution in [3.05, 3.63) is 44.7 Å². The first-order valence-electron chi connectivity index (χ1n) is 6.46. The molecule has 102 valence electrons. The van der Waals surface area contributed by atoms with Gasteiger partial charge in [0, 0.05) is 19.2 Å². The first-order chi connectivity index (χ1) is 8.95. The van der Waals surface area contributed by atoms with Crippen LogP contribution in [0.3, 0.4) is 0 Å². The number of nitrogens with zero attached hydrogens (tertiary/aromatic N) is 1. The Hall–Kier alpha value is -1.81. The zero-order valence-electron chi connectivity index (χ0n) is 12.2. The molecule has 0 saturated heterocycles. The molecule has 0 amide bonds. The average Bonchev–Trinajstić information content (AvgIpc) is 2.57. The maximum atomic E-state index is 12.1. The summed E-state index contributed by atoms with van der Waals surface area (Å²) in [5, 5.41) is 6.24. The number of nitrogens with one attached hydrogen (secondary N) is 2. The Morgan fingerprint density at radius 1 is 1.21 bits per heavy atom. The molecule has 0 radical (unpaired) electrons. The van der Waals surface area contributed by atoms with Crippen LogP contribution in [0.25, 0.3) is 11.3 Å². The van der Waals surface area contributed by atoms with Gasteiger partial charge >= 0.3 is 0 Å². The van der Waals surface area contributed by atoms with Crippen molar-refractivity contribution in [2.45, 2.75) is 27.3 Å². The Kier molecular flexibility index (Phi) is 3.62. The van der Waals surface area contributed by atoms with Crippen LogP contribution < -0.4 is 10.9 Å². The summed E-state index contributed by atoms with van der Waals surface area (Å²) in [6, 6.07) is 4.30. The Balaban J connectivity index is 2.72. The van der Waals surface area contributed by atoms with Crippen molar-refractivity contribution in [3.63, 3.8) is 0 Å². The van der Waals surface area contributed by atoms with Crippen LogP contribution in [0.2, 0.25) is 0 Å². The highest BCUT2D eigenvalue weighted by Gasteiger charge is 2.17. The van der Waals surface area contributed by atoms with Crippen molar-refractivity contribution in [1.82, 2.24) is 15.1 Å². The second-order valence-corrected chi connectivity index (χ2v) is 5.13. The van der Waals surface area contributed by atoms with Gasteiger partial charge in [-0.3, -0.25) is 14.6 Å². The van der Waals surface area contributed by atoms with Gasteiger partial charge in [0.05, 0.1) is 11.3 Å². The van der Waals surface area contributed by atoms with Gasteiger partial charge < -0.3 is 5.32 Å². The summed E-state index contributed by atoms with van der Waals surface area (Å²) in [5.74, 6) is 0. The molecule has 0 atom stereocenters. The Bertz CT molecular complexity index is 642. The van der Waals surface area contributed by atoms with Gasteiger partial charge in [0.1, 0.15) is 0 Å². The predicted molar refractivity (Wildman–Crippen MR) is 78.4 cm³/mol. The van der Waals surface area contributed by atoms with Crippen molar-refractivity contribution in [3.8, 4) is 11.3 Å². The summed E-state index contributed by atoms with van der Waals surface area (Å²) < 4.78 is 1.54. The van der Waals surface area contributed by atoms with Crippen molar-refractivity contribution in [2.24, 2.45) is 7.05 Å². The monoisotopic (exact) mass is 259 g/mol. The molecule has 0 aliphatic rings. The Morgan fingerprint density at radius 2 is 1.79 bits per heavy atom. The highest BCUT2D eigenvalue weighted by atomic mass is 16.1. The molecular formula is C15H21N3O. The number of H-pyrrole nitrogens is 1. The second kappa shape index (κ2) is 5.05. The lowest BCUT2D eigenvalue weighted by molar-refractivity contribution is 0.733. The van der Waals surface area contributed by atoms with E-state index < -0.39 is 0 Å². The fraction of sp³-hybridized carbons (Fsp3) is 0.400. The molecule has 0 bridgehead atoms. The summed E-state index contributed by atoms with van der Waals surface area (Å²) in [4.78, 5) is 12.1. The van der Waals surface area contributed by atoms with Crippen molar-refractivity contribution < 1.29 is 0 Å². The van der Waals surface area contributed by atoms with Crippen LogP contribution in [0.15, 0.2) is 16.9 Å². The largest absolute Gasteiger partial charge is 0.315 e. The van der Waals surface area contributed by atoms with Gasteiger partial charge in [-0.25, -0.2) is 0 Å². The third-order valence-electron chi connectivity index (χ3n) is 3.42. The van der Waals surface area contributed by atoms with Gasteiger partial charge in [0.25, 0.3) is 5.56 Å². The number of aryl methyl sites for hydroxylation is 4. The standard InChI is InChI=1S/C15H21N3O/c1-9-6-10(2)13(11(3)7-9)14-12(8-16-4)15(19)18(5)17-14/h6-7,16-17H,8H2,1-5H3. The number of hydrogen-bond donors (Lipinski definition) is 2. The number of benzene rings is 1. The van der Waals surface area contributed by atoms with Crippen LogP contribution in [0.4, 0.5) is 0 Å². The maximum absolute atomic E-state index is 12.1. The molecule has 4 nitrogen and oxygen atoms in total. The van der Waals surface area contributed by atoms with E-state index in [1.807, 2.05) is 7.05 Å². The Labute approximate surface area is 113 Å². The molecule has 0 spiro atoms. The smallest absolute Gasteiger partial charge is 0.271 e. The molecule has 19 heavy (non-hydrogen) atoms. The molecule has 0 aliphatic carbocycles. The van der Waals surface area contributed by atoms with Gasteiger partial charge in [0.2, 0.25) is 0 Å². The zero-order chi connectivity index (χ0) is 14.2. The molecule has 1 aromatic heterocycles. The summed E-state index contributed by atoms with van der Waals surface area (Å²) in [5.41, 5.74) is 6.51. The molecule has 1 aromatic carbocycles. The van der Waals surface area contributed by atoms with Gasteiger partial charge in [0.15, 0.2) is 0 Å². The van der Waals surface area contributed by atoms with Crippen LogP contribution in [0.1, 0.15) is 22.3 Å². The van der Waals surface area contributed by atoms with E-state index in [-0.39, 0.29) is 5.56 Å². The maximum Gasteiger partial charge on any atom is 0.271 e. The fourth-order valence-corrected chi connectivity index (χ4v) is 2.72. The minimum absolute atomic E-state index is 0.0312. The van der Waals surface area contributed by atoms with E-state index in [9.17, 15) is 4.79 Å². The first-order valence-corrected chi connectivity index (χ1v) is 6.46. The van der Waals surface area contributed by atoms with E-state index in [2.05, 4.69) is 43.3 Å². The molecule has 0 saturated carbocycles. The molecule has 4 heteroatoms. The van der Waals surface area contributed by atoms with E-state index in [1.165, 1.54) is 16.7 Å². The average molecular weight is 259 g/mol. The third-order valence-corrected chi connectivity index (χ3v) is 3.42. The van der Waals surface area contributed by atoms with E-state index in [0.717, 1.165) is 16.8 Å². The minimum Gasteiger partial charge on any atom is -0.315 e. The molecule has 2 aromatic rings. The SMILES string of the molecule is CNCc1c(-c2c(C)cc(C)cc2C)[nH]n(C)c1=O. The van der Waals surface area contributed by atoms with Crippen LogP contribution in [0.5, 0.6) is 0 Å². The summed E-state index contributed by atoms with van der Waals surface area (Å²) in [6.07, 6.45) is 0. The molecule has 0 unspecified atom stereocenters. The summed E-state index contributed by atoms with van der Waals surface area (Å²) in [7, 11) is 3.61. The Morgan fingerprint density at radius 3 is 2.32 bits per heavy atom. The summed E-state index contributed by atoms with van der Waals surface area (Å²) >= 11 is 0. The third kappa shape index (κ3) is 2.36. The van der Waals surface area contributed by atoms with E-state index in [0.29, 0.717) is 6.54 Å². The number of aromatic nitrogens is 2.